The van der Waals surface area contributed by atoms with Crippen molar-refractivity contribution >= 4 is 29.4 Å². The van der Waals surface area contributed by atoms with Gasteiger partial charge in [-0.2, -0.15) is 16.9 Å². The highest BCUT2D eigenvalue weighted by molar-refractivity contribution is 7.98. The molecule has 8 nitrogen and oxygen atoms in total. The highest BCUT2D eigenvalue weighted by Crippen LogP contribution is 2.34. The number of aromatic nitrogens is 2. The molecule has 2 amide bonds. The van der Waals surface area contributed by atoms with Gasteiger partial charge in [0.1, 0.15) is 23.9 Å². The lowest BCUT2D eigenvalue weighted by molar-refractivity contribution is -0.122. The molecule has 1 aliphatic rings. The van der Waals surface area contributed by atoms with E-state index in [1.165, 1.54) is 5.56 Å². The van der Waals surface area contributed by atoms with E-state index in [1.807, 2.05) is 24.3 Å². The van der Waals surface area contributed by atoms with Gasteiger partial charge in [0, 0.05) is 17.1 Å². The predicted octanol–water partition coefficient (Wildman–Crippen LogP) is 3.68. The second-order valence-corrected chi connectivity index (χ2v) is 8.83. The van der Waals surface area contributed by atoms with Crippen LogP contribution in [0.1, 0.15) is 42.3 Å². The quantitative estimate of drug-likeness (QED) is 0.512. The van der Waals surface area contributed by atoms with Gasteiger partial charge in [0.2, 0.25) is 5.91 Å². The molecule has 3 heterocycles. The lowest BCUT2D eigenvalue weighted by Crippen LogP contribution is -2.29. The number of anilines is 1. The van der Waals surface area contributed by atoms with Crippen LogP contribution < -0.4 is 15.4 Å². The lowest BCUT2D eigenvalue weighted by Gasteiger charge is -2.12. The Labute approximate surface area is 190 Å². The van der Waals surface area contributed by atoms with Crippen molar-refractivity contribution in [3.05, 3.63) is 65.2 Å². The van der Waals surface area contributed by atoms with E-state index in [2.05, 4.69) is 29.6 Å². The highest BCUT2D eigenvalue weighted by atomic mass is 32.2. The van der Waals surface area contributed by atoms with Crippen LogP contribution in [0, 0.1) is 0 Å². The Morgan fingerprint density at radius 3 is 2.72 bits per heavy atom. The minimum Gasteiger partial charge on any atom is -0.484 e. The van der Waals surface area contributed by atoms with Gasteiger partial charge in [0.15, 0.2) is 6.61 Å². The maximum absolute atomic E-state index is 12.6. The molecule has 0 bridgehead atoms. The average molecular weight is 455 g/mol. The number of carbonyl (C=O) groups is 2. The molecule has 0 fully saturated rings. The van der Waals surface area contributed by atoms with Crippen LogP contribution in [-0.4, -0.2) is 28.2 Å². The monoisotopic (exact) mass is 454 g/mol. The molecule has 2 aromatic heterocycles. The van der Waals surface area contributed by atoms with Crippen LogP contribution in [0.3, 0.4) is 0 Å². The molecule has 9 heteroatoms. The number of rotatable bonds is 9. The number of carbonyl (C=O) groups excluding carboxylic acids is 2. The first kappa shape index (κ1) is 22.0. The zero-order valence-corrected chi connectivity index (χ0v) is 18.9. The number of thioether (sulfide) groups is 1. The SMILES string of the molecule is CC(C)c1ccc(OCC(=O)Nc2c3c(nn2CC(=O)NCc2ccco2)CSC3)cc1. The Bertz CT molecular complexity index is 1070. The number of fused-ring (bicyclic) bond motifs is 1. The summed E-state index contributed by atoms with van der Waals surface area (Å²) in [6, 6.07) is 11.3. The van der Waals surface area contributed by atoms with E-state index in [9.17, 15) is 9.59 Å². The summed E-state index contributed by atoms with van der Waals surface area (Å²) in [5.74, 6) is 3.29. The number of nitrogens with zero attached hydrogens (tertiary/aromatic N) is 2. The third-order valence-electron chi connectivity index (χ3n) is 5.13. The van der Waals surface area contributed by atoms with Crippen molar-refractivity contribution in [1.82, 2.24) is 15.1 Å². The van der Waals surface area contributed by atoms with Gasteiger partial charge < -0.3 is 19.8 Å². The number of hydrogen-bond donors (Lipinski definition) is 2. The van der Waals surface area contributed by atoms with E-state index in [-0.39, 0.29) is 25.0 Å². The minimum atomic E-state index is -0.297. The molecular weight excluding hydrogens is 428 g/mol. The van der Waals surface area contributed by atoms with Crippen LogP contribution in [0.2, 0.25) is 0 Å². The van der Waals surface area contributed by atoms with Gasteiger partial charge >= 0.3 is 0 Å². The van der Waals surface area contributed by atoms with E-state index in [0.29, 0.717) is 29.8 Å². The fourth-order valence-corrected chi connectivity index (χ4v) is 4.41. The largest absolute Gasteiger partial charge is 0.484 e. The zero-order valence-electron chi connectivity index (χ0n) is 18.1. The summed E-state index contributed by atoms with van der Waals surface area (Å²) in [4.78, 5) is 25.0. The third kappa shape index (κ3) is 5.34. The van der Waals surface area contributed by atoms with Crippen molar-refractivity contribution in [2.24, 2.45) is 0 Å². The van der Waals surface area contributed by atoms with Gasteiger partial charge in [0.05, 0.1) is 18.5 Å². The van der Waals surface area contributed by atoms with Crippen LogP contribution >= 0.6 is 11.8 Å². The second-order valence-electron chi connectivity index (χ2n) is 7.84. The van der Waals surface area contributed by atoms with Crippen LogP contribution in [0.5, 0.6) is 5.75 Å². The molecule has 1 aromatic carbocycles. The molecule has 0 unspecified atom stereocenters. The number of ether oxygens (including phenoxy) is 1. The molecule has 0 saturated heterocycles. The summed E-state index contributed by atoms with van der Waals surface area (Å²) in [6.45, 7) is 4.43. The normalized spacial score (nSPS) is 12.6. The topological polar surface area (TPSA) is 98.4 Å². The summed E-state index contributed by atoms with van der Waals surface area (Å²) in [7, 11) is 0. The number of amides is 2. The zero-order chi connectivity index (χ0) is 22.5. The minimum absolute atomic E-state index is 0.00547. The first-order chi connectivity index (χ1) is 15.5. The van der Waals surface area contributed by atoms with Gasteiger partial charge in [-0.3, -0.25) is 9.59 Å². The number of nitrogens with one attached hydrogen (secondary N) is 2. The molecule has 3 aromatic rings. The van der Waals surface area contributed by atoms with Crippen LogP contribution in [0.4, 0.5) is 5.82 Å². The Balaban J connectivity index is 1.36. The maximum Gasteiger partial charge on any atom is 0.263 e. The summed E-state index contributed by atoms with van der Waals surface area (Å²) >= 11 is 1.73. The van der Waals surface area contributed by atoms with Crippen molar-refractivity contribution in [1.29, 1.82) is 0 Å². The van der Waals surface area contributed by atoms with E-state index in [4.69, 9.17) is 9.15 Å². The first-order valence-corrected chi connectivity index (χ1v) is 11.6. The Morgan fingerprint density at radius 2 is 2.00 bits per heavy atom. The van der Waals surface area contributed by atoms with Gasteiger partial charge in [-0.1, -0.05) is 26.0 Å². The molecule has 1 aliphatic heterocycles. The van der Waals surface area contributed by atoms with E-state index >= 15 is 0 Å². The number of furan rings is 1. The summed E-state index contributed by atoms with van der Waals surface area (Å²) < 4.78 is 12.4. The van der Waals surface area contributed by atoms with Gasteiger partial charge in [-0.05, 0) is 35.7 Å². The summed E-state index contributed by atoms with van der Waals surface area (Å²) in [5, 5.41) is 10.2. The lowest BCUT2D eigenvalue weighted by atomic mass is 10.0. The van der Waals surface area contributed by atoms with Gasteiger partial charge in [0.25, 0.3) is 5.91 Å². The van der Waals surface area contributed by atoms with E-state index in [1.54, 1.807) is 34.8 Å². The molecule has 0 saturated carbocycles. The third-order valence-corrected chi connectivity index (χ3v) is 6.10. The van der Waals surface area contributed by atoms with Crippen molar-refractivity contribution < 1.29 is 18.7 Å². The fourth-order valence-electron chi connectivity index (χ4n) is 3.38. The highest BCUT2D eigenvalue weighted by Gasteiger charge is 2.25. The standard InChI is InChI=1S/C23H26N4O4S/c1-15(2)16-5-7-17(8-6-16)31-12-22(29)25-23-19-13-32-14-20(19)26-27(23)11-21(28)24-10-18-4-3-9-30-18/h3-9,15H,10-14H2,1-2H3,(H,24,28)(H,25,29). The van der Waals surface area contributed by atoms with Gasteiger partial charge in [-0.15, -0.1) is 0 Å². The van der Waals surface area contributed by atoms with Crippen molar-refractivity contribution in [3.63, 3.8) is 0 Å². The molecule has 0 atom stereocenters. The smallest absolute Gasteiger partial charge is 0.263 e. The number of hydrogen-bond acceptors (Lipinski definition) is 6. The Hall–Kier alpha value is -3.20. The second kappa shape index (κ2) is 9.95. The molecule has 168 valence electrons. The Morgan fingerprint density at radius 1 is 1.19 bits per heavy atom. The average Bonchev–Trinajstić information content (AvgIpc) is 3.51. The van der Waals surface area contributed by atoms with Crippen LogP contribution in [-0.2, 0) is 34.2 Å². The molecular formula is C23H26N4O4S. The molecule has 0 radical (unpaired) electrons. The van der Waals surface area contributed by atoms with Crippen LogP contribution in [0.25, 0.3) is 0 Å². The van der Waals surface area contributed by atoms with E-state index in [0.717, 1.165) is 22.8 Å². The summed E-state index contributed by atoms with van der Waals surface area (Å²) in [5.41, 5.74) is 3.07. The molecule has 0 aliphatic carbocycles. The van der Waals surface area contributed by atoms with Crippen molar-refractivity contribution in [2.75, 3.05) is 11.9 Å². The van der Waals surface area contributed by atoms with Gasteiger partial charge in [-0.25, -0.2) is 4.68 Å². The fraction of sp³-hybridized carbons (Fsp3) is 0.348. The molecule has 0 spiro atoms. The van der Waals surface area contributed by atoms with Crippen molar-refractivity contribution in [3.8, 4) is 5.75 Å². The maximum atomic E-state index is 12.6. The summed E-state index contributed by atoms with van der Waals surface area (Å²) in [6.07, 6.45) is 1.56. The van der Waals surface area contributed by atoms with E-state index < -0.39 is 0 Å². The number of benzene rings is 1. The van der Waals surface area contributed by atoms with Crippen molar-refractivity contribution in [2.45, 2.75) is 44.4 Å². The molecule has 4 rings (SSSR count). The van der Waals surface area contributed by atoms with Crippen LogP contribution in [0.15, 0.2) is 47.1 Å². The predicted molar refractivity (Wildman–Crippen MR) is 122 cm³/mol. The molecule has 2 N–H and O–H groups in total. The first-order valence-electron chi connectivity index (χ1n) is 10.5. The molecule has 32 heavy (non-hydrogen) atoms. The Kier molecular flexibility index (Phi) is 6.84.